The number of hydrogen-bond acceptors (Lipinski definition) is 5. The van der Waals surface area contributed by atoms with E-state index in [4.69, 9.17) is 10.5 Å². The molecule has 0 bridgehead atoms. The van der Waals surface area contributed by atoms with Gasteiger partial charge in [-0.1, -0.05) is 0 Å². The second kappa shape index (κ2) is 9.00. The van der Waals surface area contributed by atoms with Crippen LogP contribution in [0.15, 0.2) is 35.1 Å². The predicted molar refractivity (Wildman–Crippen MR) is 92.7 cm³/mol. The maximum Gasteiger partial charge on any atom is 0.410 e. The Bertz CT molecular complexity index is 592. The van der Waals surface area contributed by atoms with Crippen LogP contribution in [0.1, 0.15) is 34.1 Å². The number of hydrogen-bond donors (Lipinski definition) is 1. The topological polar surface area (TPSA) is 80.8 Å². The zero-order valence-corrected chi connectivity index (χ0v) is 14.6. The summed E-state index contributed by atoms with van der Waals surface area (Å²) < 4.78 is 18.1. The molecule has 0 aliphatic carbocycles. The number of carbonyl (C=O) groups is 1. The Balaban J connectivity index is 2.52. The molecule has 1 heterocycles. The largest absolute Gasteiger partial charge is 0.444 e. The standard InChI is InChI=1S/C17H25FN4O2/c1-5-22(16(23)24-17(2,3)4)11-9-14(19)8-10-20-15-7-6-13(18)12-21-15/h6-8,10,12H,5,9,11,19H2,1-4H3. The van der Waals surface area contributed by atoms with E-state index < -0.39 is 11.4 Å². The van der Waals surface area contributed by atoms with Gasteiger partial charge in [0.2, 0.25) is 0 Å². The van der Waals surface area contributed by atoms with Crippen LogP contribution in [0.25, 0.3) is 0 Å². The molecule has 1 rings (SSSR count). The Morgan fingerprint density at radius 1 is 1.46 bits per heavy atom. The number of nitrogens with two attached hydrogens (primary N) is 1. The molecule has 7 heteroatoms. The van der Waals surface area contributed by atoms with Gasteiger partial charge in [0.25, 0.3) is 0 Å². The maximum absolute atomic E-state index is 12.7. The molecule has 1 aromatic heterocycles. The molecule has 0 spiro atoms. The number of pyridine rings is 1. The molecule has 0 aliphatic rings. The van der Waals surface area contributed by atoms with Crippen molar-refractivity contribution in [3.63, 3.8) is 0 Å². The van der Waals surface area contributed by atoms with Crippen LogP contribution in [0.3, 0.4) is 0 Å². The molecule has 0 aromatic carbocycles. The van der Waals surface area contributed by atoms with Crippen molar-refractivity contribution in [2.45, 2.75) is 39.7 Å². The highest BCUT2D eigenvalue weighted by Gasteiger charge is 2.20. The first-order valence-corrected chi connectivity index (χ1v) is 7.79. The van der Waals surface area contributed by atoms with Crippen LogP contribution in [-0.2, 0) is 4.74 Å². The van der Waals surface area contributed by atoms with Gasteiger partial charge in [0.1, 0.15) is 11.4 Å². The fraction of sp³-hybridized carbons (Fsp3) is 0.471. The quantitative estimate of drug-likeness (QED) is 0.807. The highest BCUT2D eigenvalue weighted by Crippen LogP contribution is 2.11. The number of rotatable bonds is 6. The minimum Gasteiger partial charge on any atom is -0.444 e. The Morgan fingerprint density at radius 3 is 2.71 bits per heavy atom. The zero-order valence-electron chi connectivity index (χ0n) is 14.6. The first-order valence-electron chi connectivity index (χ1n) is 7.79. The molecule has 1 amide bonds. The molecular weight excluding hydrogens is 311 g/mol. The van der Waals surface area contributed by atoms with Crippen LogP contribution in [0.4, 0.5) is 15.0 Å². The van der Waals surface area contributed by atoms with Crippen molar-refractivity contribution in [3.05, 3.63) is 35.9 Å². The van der Waals surface area contributed by atoms with Gasteiger partial charge in [-0.2, -0.15) is 0 Å². The van der Waals surface area contributed by atoms with E-state index in [9.17, 15) is 9.18 Å². The Labute approximate surface area is 142 Å². The highest BCUT2D eigenvalue weighted by atomic mass is 19.1. The van der Waals surface area contributed by atoms with E-state index >= 15 is 0 Å². The third-order valence-electron chi connectivity index (χ3n) is 2.91. The molecule has 0 saturated heterocycles. The summed E-state index contributed by atoms with van der Waals surface area (Å²) in [6.07, 6.45) is 4.37. The Hall–Kier alpha value is -2.44. The second-order valence-electron chi connectivity index (χ2n) is 6.16. The van der Waals surface area contributed by atoms with Gasteiger partial charge < -0.3 is 15.4 Å². The molecule has 0 unspecified atom stereocenters. The van der Waals surface area contributed by atoms with Crippen molar-refractivity contribution in [3.8, 4) is 0 Å². The summed E-state index contributed by atoms with van der Waals surface area (Å²) in [5.41, 5.74) is 5.95. The lowest BCUT2D eigenvalue weighted by Gasteiger charge is -2.26. The minimum atomic E-state index is -0.527. The number of halogens is 1. The number of nitrogens with zero attached hydrogens (tertiary/aromatic N) is 3. The average molecular weight is 336 g/mol. The predicted octanol–water partition coefficient (Wildman–Crippen LogP) is 3.41. The van der Waals surface area contributed by atoms with E-state index in [-0.39, 0.29) is 6.09 Å². The van der Waals surface area contributed by atoms with Gasteiger partial charge in [0, 0.05) is 31.4 Å². The molecule has 0 fully saturated rings. The molecule has 2 N–H and O–H groups in total. The molecule has 24 heavy (non-hydrogen) atoms. The van der Waals surface area contributed by atoms with Gasteiger partial charge in [-0.25, -0.2) is 19.2 Å². The van der Waals surface area contributed by atoms with Crippen molar-refractivity contribution in [1.29, 1.82) is 0 Å². The van der Waals surface area contributed by atoms with Crippen molar-refractivity contribution < 1.29 is 13.9 Å². The monoisotopic (exact) mass is 336 g/mol. The lowest BCUT2D eigenvalue weighted by molar-refractivity contribution is 0.0262. The van der Waals surface area contributed by atoms with Gasteiger partial charge in [-0.15, -0.1) is 0 Å². The number of ether oxygens (including phenoxy) is 1. The van der Waals surface area contributed by atoms with Gasteiger partial charge in [0.15, 0.2) is 5.82 Å². The first kappa shape index (κ1) is 19.6. The van der Waals surface area contributed by atoms with E-state index in [1.54, 1.807) is 11.0 Å². The third kappa shape index (κ3) is 7.71. The fourth-order valence-electron chi connectivity index (χ4n) is 1.71. The van der Waals surface area contributed by atoms with Crippen LogP contribution in [-0.4, -0.2) is 40.9 Å². The van der Waals surface area contributed by atoms with E-state index in [0.717, 1.165) is 6.20 Å². The number of aromatic nitrogens is 1. The van der Waals surface area contributed by atoms with Crippen LogP contribution < -0.4 is 5.73 Å². The highest BCUT2D eigenvalue weighted by molar-refractivity contribution is 5.74. The van der Waals surface area contributed by atoms with Crippen LogP contribution in [0, 0.1) is 5.82 Å². The van der Waals surface area contributed by atoms with Crippen molar-refractivity contribution in [2.24, 2.45) is 10.7 Å². The van der Waals surface area contributed by atoms with Gasteiger partial charge in [-0.05, 0) is 45.9 Å². The molecule has 6 nitrogen and oxygen atoms in total. The van der Waals surface area contributed by atoms with Crippen molar-refractivity contribution in [2.75, 3.05) is 13.1 Å². The Kier molecular flexibility index (Phi) is 7.35. The molecular formula is C17H25FN4O2. The molecule has 0 saturated carbocycles. The smallest absolute Gasteiger partial charge is 0.410 e. The zero-order chi connectivity index (χ0) is 18.2. The summed E-state index contributed by atoms with van der Waals surface area (Å²) in [4.78, 5) is 21.5. The summed E-state index contributed by atoms with van der Waals surface area (Å²) >= 11 is 0. The normalized spacial score (nSPS) is 12.5. The van der Waals surface area contributed by atoms with E-state index in [1.807, 2.05) is 27.7 Å². The first-order chi connectivity index (χ1) is 11.2. The summed E-state index contributed by atoms with van der Waals surface area (Å²) in [5.74, 6) is -0.0183. The second-order valence-corrected chi connectivity index (χ2v) is 6.16. The number of aliphatic imine (C=N–C) groups is 1. The van der Waals surface area contributed by atoms with Crippen LogP contribution >= 0.6 is 0 Å². The van der Waals surface area contributed by atoms with E-state index in [0.29, 0.717) is 31.0 Å². The molecule has 1 aromatic rings. The maximum atomic E-state index is 12.7. The van der Waals surface area contributed by atoms with Gasteiger partial charge >= 0.3 is 6.09 Å². The van der Waals surface area contributed by atoms with Crippen LogP contribution in [0.2, 0.25) is 0 Å². The van der Waals surface area contributed by atoms with Crippen LogP contribution in [0.5, 0.6) is 0 Å². The van der Waals surface area contributed by atoms with Gasteiger partial charge in [-0.3, -0.25) is 0 Å². The summed E-state index contributed by atoms with van der Waals surface area (Å²) in [7, 11) is 0. The summed E-state index contributed by atoms with van der Waals surface area (Å²) in [6.45, 7) is 8.35. The van der Waals surface area contributed by atoms with Crippen molar-refractivity contribution >= 4 is 18.1 Å². The SMILES string of the molecule is CCN(CCC(N)=CC=Nc1ccc(F)cn1)C(=O)OC(C)(C)C. The number of carbonyl (C=O) groups excluding carboxylic acids is 1. The van der Waals surface area contributed by atoms with Crippen molar-refractivity contribution in [1.82, 2.24) is 9.88 Å². The van der Waals surface area contributed by atoms with E-state index in [2.05, 4.69) is 9.98 Å². The summed E-state index contributed by atoms with van der Waals surface area (Å²) in [6, 6.07) is 2.75. The van der Waals surface area contributed by atoms with E-state index in [1.165, 1.54) is 18.3 Å². The lowest BCUT2D eigenvalue weighted by atomic mass is 10.2. The fourth-order valence-corrected chi connectivity index (χ4v) is 1.71. The van der Waals surface area contributed by atoms with Gasteiger partial charge in [0.05, 0.1) is 6.20 Å². The Morgan fingerprint density at radius 2 is 2.17 bits per heavy atom. The number of allylic oxidation sites excluding steroid dienone is 1. The number of amides is 1. The molecule has 132 valence electrons. The minimum absolute atomic E-state index is 0.359. The molecule has 0 atom stereocenters. The third-order valence-corrected chi connectivity index (χ3v) is 2.91. The molecule has 0 radical (unpaired) electrons. The average Bonchev–Trinajstić information content (AvgIpc) is 2.48. The lowest BCUT2D eigenvalue weighted by Crippen LogP contribution is -2.37. The molecule has 0 aliphatic heterocycles. The summed E-state index contributed by atoms with van der Waals surface area (Å²) in [5, 5.41) is 0.